The number of pyridine rings is 1. The minimum absolute atomic E-state index is 0.256. The van der Waals surface area contributed by atoms with Gasteiger partial charge in [-0.25, -0.2) is 4.39 Å². The maximum absolute atomic E-state index is 12.8. The van der Waals surface area contributed by atoms with Gasteiger partial charge in [-0.15, -0.1) is 0 Å². The number of nitrogens with zero attached hydrogens (tertiary/aromatic N) is 1. The first-order valence-corrected chi connectivity index (χ1v) is 3.74. The quantitative estimate of drug-likeness (QED) is 0.778. The van der Waals surface area contributed by atoms with Crippen molar-refractivity contribution in [3.05, 3.63) is 29.3 Å². The second-order valence-electron chi connectivity index (χ2n) is 2.72. The molecule has 0 aliphatic heterocycles. The Morgan fingerprint density at radius 2 is 2.07 bits per heavy atom. The number of aliphatic carboxylic acids is 1. The molecule has 0 aromatic carbocycles. The lowest BCUT2D eigenvalue weighted by Gasteiger charge is -2.07. The molecule has 0 fully saturated rings. The zero-order chi connectivity index (χ0) is 11.6. The summed E-state index contributed by atoms with van der Waals surface area (Å²) in [4.78, 5) is 13.4. The molecule has 1 heterocycles. The Bertz CT molecular complexity index is 389. The molecule has 82 valence electrons. The van der Waals surface area contributed by atoms with E-state index in [-0.39, 0.29) is 11.9 Å². The number of carboxylic acid groups (broad SMARTS) is 1. The van der Waals surface area contributed by atoms with Crippen LogP contribution in [0, 0.1) is 5.82 Å². The predicted molar refractivity (Wildman–Crippen MR) is 40.5 cm³/mol. The summed E-state index contributed by atoms with van der Waals surface area (Å²) in [5.41, 5.74) is -1.76. The van der Waals surface area contributed by atoms with Crippen LogP contribution in [0.25, 0.3) is 0 Å². The third-order valence-electron chi connectivity index (χ3n) is 1.55. The van der Waals surface area contributed by atoms with Gasteiger partial charge in [0.2, 0.25) is 0 Å². The van der Waals surface area contributed by atoms with Crippen molar-refractivity contribution in [1.82, 2.24) is 4.98 Å². The summed E-state index contributed by atoms with van der Waals surface area (Å²) in [7, 11) is 0. The second-order valence-corrected chi connectivity index (χ2v) is 2.72. The number of carboxylic acids is 1. The summed E-state index contributed by atoms with van der Waals surface area (Å²) in [6, 6.07) is 0.469. The van der Waals surface area contributed by atoms with E-state index in [1.165, 1.54) is 0 Å². The molecule has 0 aliphatic carbocycles. The van der Waals surface area contributed by atoms with Gasteiger partial charge in [-0.2, -0.15) is 13.2 Å². The molecule has 15 heavy (non-hydrogen) atoms. The zero-order valence-corrected chi connectivity index (χ0v) is 7.18. The molecule has 0 unspecified atom stereocenters. The first-order chi connectivity index (χ1) is 6.80. The van der Waals surface area contributed by atoms with Crippen molar-refractivity contribution >= 4 is 5.97 Å². The van der Waals surface area contributed by atoms with Gasteiger partial charge in [-0.1, -0.05) is 0 Å². The molecule has 7 heteroatoms. The molecular formula is C8H5F4NO2. The van der Waals surface area contributed by atoms with E-state index >= 15 is 0 Å². The lowest BCUT2D eigenvalue weighted by Crippen LogP contribution is -2.11. The number of alkyl halides is 3. The van der Waals surface area contributed by atoms with Gasteiger partial charge in [-0.3, -0.25) is 9.78 Å². The topological polar surface area (TPSA) is 50.2 Å². The fraction of sp³-hybridized carbons (Fsp3) is 0.250. The van der Waals surface area contributed by atoms with Gasteiger partial charge in [0.05, 0.1) is 12.1 Å². The highest BCUT2D eigenvalue weighted by Gasteiger charge is 2.34. The van der Waals surface area contributed by atoms with Crippen LogP contribution in [0.3, 0.4) is 0 Å². The summed E-state index contributed by atoms with van der Waals surface area (Å²) in [6.07, 6.45) is -5.15. The van der Waals surface area contributed by atoms with Crippen LogP contribution in [0.15, 0.2) is 12.3 Å². The molecule has 1 aromatic heterocycles. The second kappa shape index (κ2) is 3.84. The van der Waals surface area contributed by atoms with Crippen molar-refractivity contribution in [2.45, 2.75) is 12.6 Å². The van der Waals surface area contributed by atoms with E-state index in [2.05, 4.69) is 4.98 Å². The Hall–Kier alpha value is -1.66. The Labute approximate surface area is 81.4 Å². The van der Waals surface area contributed by atoms with Gasteiger partial charge >= 0.3 is 12.1 Å². The van der Waals surface area contributed by atoms with E-state index in [4.69, 9.17) is 5.11 Å². The summed E-state index contributed by atoms with van der Waals surface area (Å²) in [5, 5.41) is 8.30. The van der Waals surface area contributed by atoms with Crippen molar-refractivity contribution in [2.75, 3.05) is 0 Å². The van der Waals surface area contributed by atoms with Crippen LogP contribution in [0.5, 0.6) is 0 Å². The van der Waals surface area contributed by atoms with Crippen molar-refractivity contribution in [1.29, 1.82) is 0 Å². The standard InChI is InChI=1S/C8H5F4NO2/c9-6-1-4(2-7(14)15)13-3-5(6)8(10,11)12/h1,3H,2H2,(H,14,15). The average Bonchev–Trinajstić information content (AvgIpc) is 1.99. The van der Waals surface area contributed by atoms with E-state index in [1.54, 1.807) is 0 Å². The van der Waals surface area contributed by atoms with Crippen LogP contribution in [0.2, 0.25) is 0 Å². The SMILES string of the molecule is O=C(O)Cc1cc(F)c(C(F)(F)F)cn1. The van der Waals surface area contributed by atoms with Crippen molar-refractivity contribution in [2.24, 2.45) is 0 Å². The van der Waals surface area contributed by atoms with E-state index in [9.17, 15) is 22.4 Å². The molecule has 1 rings (SSSR count). The maximum atomic E-state index is 12.8. The molecular weight excluding hydrogens is 218 g/mol. The van der Waals surface area contributed by atoms with E-state index in [1.807, 2.05) is 0 Å². The van der Waals surface area contributed by atoms with Crippen molar-refractivity contribution in [3.63, 3.8) is 0 Å². The minimum Gasteiger partial charge on any atom is -0.481 e. The third kappa shape index (κ3) is 2.90. The molecule has 3 nitrogen and oxygen atoms in total. The maximum Gasteiger partial charge on any atom is 0.420 e. The van der Waals surface area contributed by atoms with Crippen LogP contribution < -0.4 is 0 Å². The van der Waals surface area contributed by atoms with Crippen molar-refractivity contribution in [3.8, 4) is 0 Å². The highest BCUT2D eigenvalue weighted by molar-refractivity contribution is 5.69. The van der Waals surface area contributed by atoms with Crippen LogP contribution in [-0.2, 0) is 17.4 Å². The molecule has 0 aliphatic rings. The molecule has 0 saturated heterocycles. The van der Waals surface area contributed by atoms with Crippen LogP contribution in [0.4, 0.5) is 17.6 Å². The fourth-order valence-corrected chi connectivity index (χ4v) is 0.931. The van der Waals surface area contributed by atoms with Crippen LogP contribution in [-0.4, -0.2) is 16.1 Å². The van der Waals surface area contributed by atoms with Crippen LogP contribution in [0.1, 0.15) is 11.3 Å². The van der Waals surface area contributed by atoms with E-state index in [0.717, 1.165) is 0 Å². The van der Waals surface area contributed by atoms with Gasteiger partial charge in [0.25, 0.3) is 0 Å². The molecule has 0 atom stereocenters. The normalized spacial score (nSPS) is 11.5. The molecule has 0 bridgehead atoms. The van der Waals surface area contributed by atoms with Crippen LogP contribution >= 0.6 is 0 Å². The van der Waals surface area contributed by atoms with Gasteiger partial charge < -0.3 is 5.11 Å². The number of hydrogen-bond donors (Lipinski definition) is 1. The molecule has 0 amide bonds. The largest absolute Gasteiger partial charge is 0.481 e. The van der Waals surface area contributed by atoms with Crippen molar-refractivity contribution < 1.29 is 27.5 Å². The first kappa shape index (κ1) is 11.4. The Kier molecular flexibility index (Phi) is 2.92. The van der Waals surface area contributed by atoms with E-state index in [0.29, 0.717) is 6.07 Å². The Morgan fingerprint density at radius 1 is 1.47 bits per heavy atom. The zero-order valence-electron chi connectivity index (χ0n) is 7.18. The summed E-state index contributed by atoms with van der Waals surface area (Å²) >= 11 is 0. The molecule has 0 spiro atoms. The minimum atomic E-state index is -4.82. The highest BCUT2D eigenvalue weighted by atomic mass is 19.4. The van der Waals surface area contributed by atoms with Gasteiger partial charge in [0.15, 0.2) is 0 Å². The Morgan fingerprint density at radius 3 is 2.47 bits per heavy atom. The molecule has 1 N–H and O–H groups in total. The highest BCUT2D eigenvalue weighted by Crippen LogP contribution is 2.30. The smallest absolute Gasteiger partial charge is 0.420 e. The molecule has 0 radical (unpaired) electrons. The lowest BCUT2D eigenvalue weighted by atomic mass is 10.2. The monoisotopic (exact) mass is 223 g/mol. The number of carbonyl (C=O) groups is 1. The molecule has 0 saturated carbocycles. The summed E-state index contributed by atoms with van der Waals surface area (Å²) in [5.74, 6) is -2.81. The third-order valence-corrected chi connectivity index (χ3v) is 1.55. The van der Waals surface area contributed by atoms with Gasteiger partial charge in [0.1, 0.15) is 11.4 Å². The molecule has 1 aromatic rings. The summed E-state index contributed by atoms with van der Waals surface area (Å²) in [6.45, 7) is 0. The Balaban J connectivity index is 3.04. The first-order valence-electron chi connectivity index (χ1n) is 3.74. The predicted octanol–water partition coefficient (Wildman–Crippen LogP) is 1.87. The van der Waals surface area contributed by atoms with E-state index < -0.39 is 29.9 Å². The summed E-state index contributed by atoms with van der Waals surface area (Å²) < 4.78 is 49.0. The number of hydrogen-bond acceptors (Lipinski definition) is 2. The fourth-order valence-electron chi connectivity index (χ4n) is 0.931. The average molecular weight is 223 g/mol. The van der Waals surface area contributed by atoms with Gasteiger partial charge in [-0.05, 0) is 6.07 Å². The number of halogens is 4. The number of aromatic nitrogens is 1. The van der Waals surface area contributed by atoms with Gasteiger partial charge in [0, 0.05) is 6.20 Å². The lowest BCUT2D eigenvalue weighted by molar-refractivity contribution is -0.140. The number of rotatable bonds is 2.